The van der Waals surface area contributed by atoms with Gasteiger partial charge in [-0.15, -0.1) is 0 Å². The summed E-state index contributed by atoms with van der Waals surface area (Å²) < 4.78 is 15.7. The first kappa shape index (κ1) is 21.2. The van der Waals surface area contributed by atoms with Crippen molar-refractivity contribution in [3.63, 3.8) is 0 Å². The lowest BCUT2D eigenvalue weighted by Crippen LogP contribution is -2.52. The van der Waals surface area contributed by atoms with Gasteiger partial charge in [-0.05, 0) is 38.1 Å². The first-order chi connectivity index (χ1) is 15.0. The Balaban J connectivity index is 1.85. The molecule has 0 spiro atoms. The quantitative estimate of drug-likeness (QED) is 0.456. The Morgan fingerprint density at radius 2 is 1.90 bits per heavy atom. The fourth-order valence-corrected chi connectivity index (χ4v) is 4.19. The molecule has 9 nitrogen and oxygen atoms in total. The van der Waals surface area contributed by atoms with Gasteiger partial charge in [-0.25, -0.2) is 19.2 Å². The van der Waals surface area contributed by atoms with E-state index in [0.717, 1.165) is 23.9 Å². The lowest BCUT2D eigenvalue weighted by molar-refractivity contribution is -0.669. The van der Waals surface area contributed by atoms with Crippen molar-refractivity contribution < 1.29 is 14.0 Å². The summed E-state index contributed by atoms with van der Waals surface area (Å²) >= 11 is 0. The zero-order valence-corrected chi connectivity index (χ0v) is 18.6. The molecule has 1 N–H and O–H groups in total. The van der Waals surface area contributed by atoms with Crippen LogP contribution in [-0.4, -0.2) is 40.5 Å². The van der Waals surface area contributed by atoms with Gasteiger partial charge < -0.3 is 9.47 Å². The summed E-state index contributed by atoms with van der Waals surface area (Å²) in [5.41, 5.74) is 1.40. The number of nitrogens with one attached hydrogen (secondary N) is 1. The molecule has 1 aliphatic heterocycles. The van der Waals surface area contributed by atoms with E-state index < -0.39 is 0 Å². The molecule has 3 aromatic rings. The van der Waals surface area contributed by atoms with E-state index in [9.17, 15) is 9.59 Å². The number of benzene rings is 1. The van der Waals surface area contributed by atoms with Crippen LogP contribution in [0.15, 0.2) is 33.9 Å². The summed E-state index contributed by atoms with van der Waals surface area (Å²) in [5, 5.41) is 0. The average Bonchev–Trinajstić information content (AvgIpc) is 3.14. The van der Waals surface area contributed by atoms with E-state index in [-0.39, 0.29) is 17.8 Å². The van der Waals surface area contributed by atoms with Gasteiger partial charge in [0.1, 0.15) is 11.4 Å². The van der Waals surface area contributed by atoms with Crippen molar-refractivity contribution in [1.29, 1.82) is 0 Å². The maximum atomic E-state index is 13.3. The Morgan fingerprint density at radius 3 is 2.58 bits per heavy atom. The largest absolute Gasteiger partial charge is 0.494 e. The van der Waals surface area contributed by atoms with E-state index in [1.807, 2.05) is 42.7 Å². The zero-order valence-electron chi connectivity index (χ0n) is 18.6. The standard InChI is InChI=1S/C22H29N5O4/c1-5-30-12-11-25-20(28)18-19(24(4)22(25)29)23-21-26(13-15(3)14-27(18)21)16-7-9-17(10-8-16)31-6-2/h7-10,15H,5-6,11-14H2,1-4H3/p+1/t15-/m0/s1. The highest BCUT2D eigenvalue weighted by atomic mass is 16.5. The topological polar surface area (TPSA) is 85.4 Å². The van der Waals surface area contributed by atoms with Gasteiger partial charge in [-0.2, -0.15) is 0 Å². The number of ether oxygens (including phenoxy) is 2. The van der Waals surface area contributed by atoms with Crippen LogP contribution in [0.25, 0.3) is 11.2 Å². The Morgan fingerprint density at radius 1 is 1.16 bits per heavy atom. The summed E-state index contributed by atoms with van der Waals surface area (Å²) in [6.07, 6.45) is 0. The molecule has 9 heteroatoms. The highest BCUT2D eigenvalue weighted by Gasteiger charge is 2.36. The van der Waals surface area contributed by atoms with E-state index in [2.05, 4.69) is 16.8 Å². The maximum absolute atomic E-state index is 13.3. The number of hydrogen-bond acceptors (Lipinski definition) is 5. The highest BCUT2D eigenvalue weighted by molar-refractivity contribution is 5.70. The molecule has 2 aromatic heterocycles. The van der Waals surface area contributed by atoms with Gasteiger partial charge in [-0.3, -0.25) is 13.9 Å². The second-order valence-electron chi connectivity index (χ2n) is 7.89. The minimum atomic E-state index is -0.350. The molecule has 3 heterocycles. The first-order valence-electron chi connectivity index (χ1n) is 10.8. The van der Waals surface area contributed by atoms with Gasteiger partial charge in [0, 0.05) is 19.6 Å². The Labute approximate surface area is 180 Å². The van der Waals surface area contributed by atoms with Crippen molar-refractivity contribution in [2.45, 2.75) is 33.9 Å². The molecule has 31 heavy (non-hydrogen) atoms. The second-order valence-corrected chi connectivity index (χ2v) is 7.89. The number of fused-ring (bicyclic) bond motifs is 3. The van der Waals surface area contributed by atoms with Gasteiger partial charge >= 0.3 is 11.6 Å². The number of aryl methyl sites for hydroxylation is 1. The smallest absolute Gasteiger partial charge is 0.364 e. The van der Waals surface area contributed by atoms with Crippen molar-refractivity contribution in [1.82, 2.24) is 14.1 Å². The number of imidazole rings is 1. The van der Waals surface area contributed by atoms with Gasteiger partial charge in [0.15, 0.2) is 0 Å². The van der Waals surface area contributed by atoms with Crippen molar-refractivity contribution in [2.75, 3.05) is 31.3 Å². The number of aromatic amines is 1. The molecular weight excluding hydrogens is 398 g/mol. The fraction of sp³-hybridized carbons (Fsp3) is 0.500. The average molecular weight is 429 g/mol. The summed E-state index contributed by atoms with van der Waals surface area (Å²) in [6, 6.07) is 7.92. The Kier molecular flexibility index (Phi) is 5.86. The molecule has 0 aliphatic carbocycles. The molecule has 1 atom stereocenters. The minimum absolute atomic E-state index is 0.230. The molecule has 0 fully saturated rings. The lowest BCUT2D eigenvalue weighted by Gasteiger charge is -2.26. The molecule has 0 saturated heterocycles. The van der Waals surface area contributed by atoms with Gasteiger partial charge in [0.25, 0.3) is 5.56 Å². The van der Waals surface area contributed by atoms with Crippen molar-refractivity contribution in [3.05, 3.63) is 45.1 Å². The number of anilines is 2. The predicted molar refractivity (Wildman–Crippen MR) is 118 cm³/mol. The second kappa shape index (κ2) is 8.58. The predicted octanol–water partition coefficient (Wildman–Crippen LogP) is 1.54. The monoisotopic (exact) mass is 428 g/mol. The fourth-order valence-electron chi connectivity index (χ4n) is 4.19. The number of aromatic nitrogens is 4. The summed E-state index contributed by atoms with van der Waals surface area (Å²) in [6.45, 7) is 9.21. The molecule has 1 aliphatic rings. The van der Waals surface area contributed by atoms with Gasteiger partial charge in [0.2, 0.25) is 11.2 Å². The van der Waals surface area contributed by atoms with E-state index in [0.29, 0.717) is 43.4 Å². The molecule has 0 amide bonds. The van der Waals surface area contributed by atoms with Gasteiger partial charge in [0.05, 0.1) is 32.8 Å². The molecule has 0 saturated carbocycles. The van der Waals surface area contributed by atoms with Gasteiger partial charge in [-0.1, -0.05) is 6.92 Å². The van der Waals surface area contributed by atoms with E-state index in [4.69, 9.17) is 9.47 Å². The molecule has 166 valence electrons. The van der Waals surface area contributed by atoms with E-state index in [1.165, 1.54) is 9.13 Å². The van der Waals surface area contributed by atoms with Crippen LogP contribution >= 0.6 is 0 Å². The van der Waals surface area contributed by atoms with Crippen LogP contribution in [0.4, 0.5) is 11.6 Å². The third-order valence-corrected chi connectivity index (χ3v) is 5.65. The van der Waals surface area contributed by atoms with E-state index >= 15 is 0 Å². The SMILES string of the molecule is CCOCCn1c(=O)c2c([nH]c3[n+]2C[C@@H](C)CN3c2ccc(OCC)cc2)n(C)c1=O. The van der Waals surface area contributed by atoms with Crippen LogP contribution in [0.2, 0.25) is 0 Å². The summed E-state index contributed by atoms with van der Waals surface area (Å²) in [4.78, 5) is 31.6. The van der Waals surface area contributed by atoms with Crippen LogP contribution in [0.5, 0.6) is 5.75 Å². The van der Waals surface area contributed by atoms with Crippen molar-refractivity contribution in [2.24, 2.45) is 13.0 Å². The molecule has 0 unspecified atom stereocenters. The first-order valence-corrected chi connectivity index (χ1v) is 10.8. The third-order valence-electron chi connectivity index (χ3n) is 5.65. The van der Waals surface area contributed by atoms with Crippen molar-refractivity contribution in [3.8, 4) is 5.75 Å². The molecular formula is C22H30N5O4+. The highest BCUT2D eigenvalue weighted by Crippen LogP contribution is 2.29. The van der Waals surface area contributed by atoms with Crippen LogP contribution in [0.1, 0.15) is 20.8 Å². The molecule has 1 aromatic carbocycles. The Hall–Kier alpha value is -3.07. The number of H-pyrrole nitrogens is 1. The van der Waals surface area contributed by atoms with Crippen LogP contribution in [0, 0.1) is 5.92 Å². The number of hydrogen-bond donors (Lipinski definition) is 1. The van der Waals surface area contributed by atoms with E-state index in [1.54, 1.807) is 7.05 Å². The Bertz CT molecular complexity index is 1190. The normalized spacial score (nSPS) is 16.0. The van der Waals surface area contributed by atoms with Crippen LogP contribution < -0.4 is 25.5 Å². The molecule has 4 rings (SSSR count). The van der Waals surface area contributed by atoms with Crippen LogP contribution in [-0.2, 0) is 24.9 Å². The van der Waals surface area contributed by atoms with Crippen LogP contribution in [0.3, 0.4) is 0 Å². The lowest BCUT2D eigenvalue weighted by atomic mass is 10.1. The minimum Gasteiger partial charge on any atom is -0.494 e. The molecule has 0 bridgehead atoms. The molecule has 0 radical (unpaired) electrons. The number of nitrogens with zero attached hydrogens (tertiary/aromatic N) is 4. The zero-order chi connectivity index (χ0) is 22.1. The summed E-state index contributed by atoms with van der Waals surface area (Å²) in [7, 11) is 1.69. The van der Waals surface area contributed by atoms with Crippen molar-refractivity contribution >= 4 is 22.8 Å². The number of rotatable bonds is 7. The maximum Gasteiger partial charge on any atom is 0.364 e. The summed E-state index contributed by atoms with van der Waals surface area (Å²) in [5.74, 6) is 1.93. The third kappa shape index (κ3) is 3.74.